The number of anilines is 1. The van der Waals surface area contributed by atoms with E-state index in [9.17, 15) is 9.59 Å². The minimum atomic E-state index is -0.150. The van der Waals surface area contributed by atoms with Crippen LogP contribution < -0.4 is 15.4 Å². The molecular formula is C18H27N3O3. The van der Waals surface area contributed by atoms with Gasteiger partial charge < -0.3 is 15.4 Å². The SMILES string of the molecule is CCCN(CC(=O)NCC1CC1)CC(=O)Nc1ccccc1OC. The van der Waals surface area contributed by atoms with Crippen molar-refractivity contribution in [2.75, 3.05) is 38.6 Å². The Morgan fingerprint density at radius 2 is 1.92 bits per heavy atom. The summed E-state index contributed by atoms with van der Waals surface area (Å²) in [5, 5.41) is 5.79. The number of hydrogen-bond acceptors (Lipinski definition) is 4. The van der Waals surface area contributed by atoms with Crippen LogP contribution in [-0.2, 0) is 9.59 Å². The topological polar surface area (TPSA) is 70.7 Å². The third-order valence-electron chi connectivity index (χ3n) is 3.94. The highest BCUT2D eigenvalue weighted by molar-refractivity contribution is 5.94. The maximum atomic E-state index is 12.3. The number of carbonyl (C=O) groups is 2. The fourth-order valence-electron chi connectivity index (χ4n) is 2.51. The Balaban J connectivity index is 1.83. The van der Waals surface area contributed by atoms with E-state index in [0.29, 0.717) is 23.9 Å². The number of carbonyl (C=O) groups excluding carboxylic acids is 2. The standard InChI is InChI=1S/C18H27N3O3/c1-3-10-21(12-17(22)19-11-14-8-9-14)13-18(23)20-15-6-4-5-7-16(15)24-2/h4-7,14H,3,8-13H2,1-2H3,(H,19,22)(H,20,23). The zero-order valence-corrected chi connectivity index (χ0v) is 14.5. The first-order chi connectivity index (χ1) is 11.6. The molecule has 132 valence electrons. The first-order valence-corrected chi connectivity index (χ1v) is 8.54. The van der Waals surface area contributed by atoms with Crippen molar-refractivity contribution >= 4 is 17.5 Å². The fraction of sp³-hybridized carbons (Fsp3) is 0.556. The van der Waals surface area contributed by atoms with Gasteiger partial charge >= 0.3 is 0 Å². The second-order valence-electron chi connectivity index (χ2n) is 6.21. The molecule has 0 aliphatic heterocycles. The van der Waals surface area contributed by atoms with Gasteiger partial charge in [-0.1, -0.05) is 19.1 Å². The van der Waals surface area contributed by atoms with Gasteiger partial charge in [-0.2, -0.15) is 0 Å². The average Bonchev–Trinajstić information content (AvgIpc) is 3.38. The predicted molar refractivity (Wildman–Crippen MR) is 94.1 cm³/mol. The smallest absolute Gasteiger partial charge is 0.238 e. The lowest BCUT2D eigenvalue weighted by molar-refractivity contribution is -0.123. The van der Waals surface area contributed by atoms with Crippen molar-refractivity contribution in [3.05, 3.63) is 24.3 Å². The lowest BCUT2D eigenvalue weighted by Crippen LogP contribution is -2.42. The van der Waals surface area contributed by atoms with Crippen molar-refractivity contribution in [3.8, 4) is 5.75 Å². The average molecular weight is 333 g/mol. The molecule has 1 aliphatic carbocycles. The number of amides is 2. The highest BCUT2D eigenvalue weighted by atomic mass is 16.5. The van der Waals surface area contributed by atoms with Crippen LogP contribution >= 0.6 is 0 Å². The van der Waals surface area contributed by atoms with Crippen LogP contribution in [0.1, 0.15) is 26.2 Å². The predicted octanol–water partition coefficient (Wildman–Crippen LogP) is 1.87. The molecule has 1 saturated carbocycles. The quantitative estimate of drug-likeness (QED) is 0.686. The zero-order valence-electron chi connectivity index (χ0n) is 14.5. The summed E-state index contributed by atoms with van der Waals surface area (Å²) in [5.74, 6) is 1.11. The van der Waals surface area contributed by atoms with Crippen LogP contribution in [0.25, 0.3) is 0 Å². The van der Waals surface area contributed by atoms with E-state index in [2.05, 4.69) is 10.6 Å². The van der Waals surface area contributed by atoms with E-state index in [-0.39, 0.29) is 24.9 Å². The first kappa shape index (κ1) is 18.3. The van der Waals surface area contributed by atoms with Gasteiger partial charge in [0.25, 0.3) is 0 Å². The highest BCUT2D eigenvalue weighted by Crippen LogP contribution is 2.27. The van der Waals surface area contributed by atoms with E-state index in [0.717, 1.165) is 13.0 Å². The molecule has 0 bridgehead atoms. The van der Waals surface area contributed by atoms with Crippen molar-refractivity contribution in [2.45, 2.75) is 26.2 Å². The fourth-order valence-corrected chi connectivity index (χ4v) is 2.51. The summed E-state index contributed by atoms with van der Waals surface area (Å²) in [6.45, 7) is 3.93. The minimum Gasteiger partial charge on any atom is -0.495 e. The second kappa shape index (κ2) is 9.27. The molecule has 24 heavy (non-hydrogen) atoms. The molecule has 0 spiro atoms. The third-order valence-corrected chi connectivity index (χ3v) is 3.94. The van der Waals surface area contributed by atoms with Crippen LogP contribution in [0.15, 0.2) is 24.3 Å². The van der Waals surface area contributed by atoms with Crippen LogP contribution in [0.2, 0.25) is 0 Å². The molecule has 0 atom stereocenters. The Morgan fingerprint density at radius 3 is 2.58 bits per heavy atom. The number of para-hydroxylation sites is 2. The Hall–Kier alpha value is -2.08. The summed E-state index contributed by atoms with van der Waals surface area (Å²) in [5.41, 5.74) is 0.639. The molecule has 0 aromatic heterocycles. The highest BCUT2D eigenvalue weighted by Gasteiger charge is 2.22. The second-order valence-corrected chi connectivity index (χ2v) is 6.21. The maximum Gasteiger partial charge on any atom is 0.238 e. The summed E-state index contributed by atoms with van der Waals surface area (Å²) in [6.07, 6.45) is 3.30. The van der Waals surface area contributed by atoms with Gasteiger partial charge in [-0.15, -0.1) is 0 Å². The van der Waals surface area contributed by atoms with Gasteiger partial charge in [0, 0.05) is 6.54 Å². The molecule has 2 rings (SSSR count). The van der Waals surface area contributed by atoms with Crippen LogP contribution in [-0.4, -0.2) is 50.0 Å². The van der Waals surface area contributed by atoms with E-state index >= 15 is 0 Å². The van der Waals surface area contributed by atoms with Gasteiger partial charge in [0.2, 0.25) is 11.8 Å². The monoisotopic (exact) mass is 333 g/mol. The number of rotatable bonds is 10. The van der Waals surface area contributed by atoms with Crippen LogP contribution in [0.3, 0.4) is 0 Å². The first-order valence-electron chi connectivity index (χ1n) is 8.54. The molecule has 1 fully saturated rings. The largest absolute Gasteiger partial charge is 0.495 e. The maximum absolute atomic E-state index is 12.3. The number of nitrogens with one attached hydrogen (secondary N) is 2. The van der Waals surface area contributed by atoms with E-state index in [1.165, 1.54) is 12.8 Å². The summed E-state index contributed by atoms with van der Waals surface area (Å²) in [4.78, 5) is 26.1. The lowest BCUT2D eigenvalue weighted by Gasteiger charge is -2.21. The Labute approximate surface area is 143 Å². The zero-order chi connectivity index (χ0) is 17.4. The molecule has 0 heterocycles. The summed E-state index contributed by atoms with van der Waals surface area (Å²) in [7, 11) is 1.57. The number of ether oxygens (including phenoxy) is 1. The van der Waals surface area contributed by atoms with Gasteiger partial charge in [0.1, 0.15) is 5.75 Å². The summed E-state index contributed by atoms with van der Waals surface area (Å²) in [6, 6.07) is 7.28. The number of benzene rings is 1. The molecule has 0 saturated heterocycles. The Kier molecular flexibility index (Phi) is 7.06. The van der Waals surface area contributed by atoms with Gasteiger partial charge in [0.15, 0.2) is 0 Å². The minimum absolute atomic E-state index is 0.0135. The molecule has 6 nitrogen and oxygen atoms in total. The Bertz CT molecular complexity index is 558. The van der Waals surface area contributed by atoms with Gasteiger partial charge in [-0.25, -0.2) is 0 Å². The van der Waals surface area contributed by atoms with Crippen LogP contribution in [0.5, 0.6) is 5.75 Å². The number of hydrogen-bond donors (Lipinski definition) is 2. The molecule has 2 amide bonds. The van der Waals surface area contributed by atoms with Crippen molar-refractivity contribution in [1.82, 2.24) is 10.2 Å². The molecule has 0 unspecified atom stereocenters. The molecule has 1 aromatic carbocycles. The molecule has 0 radical (unpaired) electrons. The van der Waals surface area contributed by atoms with Crippen LogP contribution in [0, 0.1) is 5.92 Å². The van der Waals surface area contributed by atoms with Gasteiger partial charge in [-0.3, -0.25) is 14.5 Å². The van der Waals surface area contributed by atoms with Crippen LogP contribution in [0.4, 0.5) is 5.69 Å². The molecule has 2 N–H and O–H groups in total. The van der Waals surface area contributed by atoms with Gasteiger partial charge in [-0.05, 0) is 43.9 Å². The van der Waals surface area contributed by atoms with Crippen molar-refractivity contribution in [1.29, 1.82) is 0 Å². The van der Waals surface area contributed by atoms with Crippen molar-refractivity contribution < 1.29 is 14.3 Å². The van der Waals surface area contributed by atoms with E-state index in [1.54, 1.807) is 19.2 Å². The van der Waals surface area contributed by atoms with E-state index < -0.39 is 0 Å². The number of nitrogens with zero attached hydrogens (tertiary/aromatic N) is 1. The van der Waals surface area contributed by atoms with E-state index in [1.807, 2.05) is 24.0 Å². The number of methoxy groups -OCH3 is 1. The third kappa shape index (κ3) is 6.20. The van der Waals surface area contributed by atoms with Crippen molar-refractivity contribution in [2.24, 2.45) is 5.92 Å². The molecular weight excluding hydrogens is 306 g/mol. The van der Waals surface area contributed by atoms with E-state index in [4.69, 9.17) is 4.74 Å². The molecule has 1 aromatic rings. The molecule has 1 aliphatic rings. The molecule has 6 heteroatoms. The van der Waals surface area contributed by atoms with Crippen molar-refractivity contribution in [3.63, 3.8) is 0 Å². The summed E-state index contributed by atoms with van der Waals surface area (Å²) >= 11 is 0. The lowest BCUT2D eigenvalue weighted by atomic mass is 10.3. The Morgan fingerprint density at radius 1 is 1.21 bits per heavy atom. The summed E-state index contributed by atoms with van der Waals surface area (Å²) < 4.78 is 5.23. The van der Waals surface area contributed by atoms with Gasteiger partial charge in [0.05, 0.1) is 25.9 Å². The normalized spacial score (nSPS) is 13.6.